The molecule has 3 aromatic heterocycles. The summed E-state index contributed by atoms with van der Waals surface area (Å²) < 4.78 is 15.7. The zero-order chi connectivity index (χ0) is 35.1. The van der Waals surface area contributed by atoms with Gasteiger partial charge in [0.05, 0.1) is 11.0 Å². The van der Waals surface area contributed by atoms with E-state index in [-0.39, 0.29) is 10.8 Å². The fraction of sp³-hybridized carbons (Fsp3) is 0.341. The van der Waals surface area contributed by atoms with E-state index in [1.165, 1.54) is 55.2 Å². The van der Waals surface area contributed by atoms with Gasteiger partial charge in [-0.2, -0.15) is 0 Å². The van der Waals surface area contributed by atoms with Crippen LogP contribution in [0.2, 0.25) is 0 Å². The Morgan fingerprint density at radius 3 is 2.38 bits per heavy atom. The van der Waals surface area contributed by atoms with Gasteiger partial charge in [0.25, 0.3) is 0 Å². The molecule has 3 aromatic carbocycles. The number of nitrogens with zero attached hydrogens (tertiary/aromatic N) is 4. The second kappa shape index (κ2) is 9.84. The van der Waals surface area contributed by atoms with Crippen LogP contribution in [0.3, 0.4) is 0 Å². The van der Waals surface area contributed by atoms with E-state index >= 15 is 0 Å². The number of pyridine rings is 2. The molecule has 0 N–H and O–H groups in total. The first-order valence-corrected chi connectivity index (χ1v) is 17.7. The quantitative estimate of drug-likeness (QED) is 0.190. The molecule has 3 aliphatic rings. The van der Waals surface area contributed by atoms with E-state index < -0.39 is 11.1 Å². The molecule has 6 heteroatoms. The Morgan fingerprint density at radius 1 is 0.800 bits per heavy atom. The number of aryl methyl sites for hydroxylation is 2. The van der Waals surface area contributed by atoms with Crippen molar-refractivity contribution in [1.29, 1.82) is 0 Å². The first-order chi connectivity index (χ1) is 23.6. The maximum Gasteiger partial charge on any atom is 0.219 e. The van der Waals surface area contributed by atoms with Crippen molar-refractivity contribution in [2.45, 2.75) is 97.6 Å². The molecule has 0 fully saturated rings. The highest BCUT2D eigenvalue weighted by molar-refractivity contribution is 6.12. The van der Waals surface area contributed by atoms with E-state index in [9.17, 15) is 0 Å². The Bertz CT molecular complexity index is 2500. The van der Waals surface area contributed by atoms with Gasteiger partial charge in [0, 0.05) is 58.3 Å². The van der Waals surface area contributed by atoms with E-state index in [1.54, 1.807) is 6.20 Å². The Morgan fingerprint density at radius 2 is 1.60 bits per heavy atom. The van der Waals surface area contributed by atoms with Gasteiger partial charge in [-0.1, -0.05) is 58.9 Å². The fourth-order valence-electron chi connectivity index (χ4n) is 8.67. The van der Waals surface area contributed by atoms with Crippen LogP contribution in [-0.2, 0) is 27.5 Å². The van der Waals surface area contributed by atoms with Crippen LogP contribution < -0.4 is 4.74 Å². The largest absolute Gasteiger partial charge is 0.468 e. The van der Waals surface area contributed by atoms with Crippen molar-refractivity contribution in [3.63, 3.8) is 0 Å². The first kappa shape index (κ1) is 31.0. The Kier molecular flexibility index (Phi) is 6.11. The number of hydrogen-bond donors (Lipinski definition) is 0. The lowest BCUT2D eigenvalue weighted by Crippen LogP contribution is -2.41. The van der Waals surface area contributed by atoms with Gasteiger partial charge in [-0.3, -0.25) is 4.57 Å². The number of rotatable bonds is 3. The van der Waals surface area contributed by atoms with Crippen LogP contribution in [0.4, 0.5) is 0 Å². The summed E-state index contributed by atoms with van der Waals surface area (Å²) >= 11 is 0. The maximum absolute atomic E-state index is 6.75. The maximum atomic E-state index is 6.75. The van der Waals surface area contributed by atoms with Crippen molar-refractivity contribution >= 4 is 27.7 Å². The van der Waals surface area contributed by atoms with Crippen LogP contribution in [0, 0.1) is 20.8 Å². The molecule has 0 amide bonds. The molecule has 2 aliphatic heterocycles. The van der Waals surface area contributed by atoms with E-state index in [0.29, 0.717) is 11.8 Å². The lowest BCUT2D eigenvalue weighted by molar-refractivity contribution is 0.0475. The summed E-state index contributed by atoms with van der Waals surface area (Å²) in [7, 11) is 0. The molecule has 252 valence electrons. The zero-order valence-corrected chi connectivity index (χ0v) is 30.7. The highest BCUT2D eigenvalue weighted by Gasteiger charge is 2.59. The van der Waals surface area contributed by atoms with Gasteiger partial charge in [-0.15, -0.1) is 0 Å². The minimum Gasteiger partial charge on any atom is -0.468 e. The van der Waals surface area contributed by atoms with Crippen molar-refractivity contribution in [2.24, 2.45) is 4.99 Å². The van der Waals surface area contributed by atoms with Crippen LogP contribution in [-0.4, -0.2) is 26.0 Å². The lowest BCUT2D eigenvalue weighted by Gasteiger charge is -2.35. The van der Waals surface area contributed by atoms with Crippen molar-refractivity contribution in [3.8, 4) is 17.4 Å². The normalized spacial score (nSPS) is 21.5. The Hall–Kier alpha value is -4.97. The van der Waals surface area contributed by atoms with Crippen molar-refractivity contribution in [3.05, 3.63) is 123 Å². The molecule has 50 heavy (non-hydrogen) atoms. The lowest BCUT2D eigenvalue weighted by atomic mass is 9.73. The third-order valence-electron chi connectivity index (χ3n) is 12.2. The van der Waals surface area contributed by atoms with Crippen molar-refractivity contribution in [1.82, 2.24) is 14.5 Å². The highest BCUT2D eigenvalue weighted by Crippen LogP contribution is 2.54. The summed E-state index contributed by atoms with van der Waals surface area (Å²) in [6.45, 7) is 22.4. The van der Waals surface area contributed by atoms with Gasteiger partial charge in [0.2, 0.25) is 11.8 Å². The van der Waals surface area contributed by atoms with Gasteiger partial charge < -0.3 is 9.47 Å². The van der Waals surface area contributed by atoms with Gasteiger partial charge in [0.15, 0.2) is 0 Å². The molecular formula is C44H44N4O2. The second-order valence-corrected chi connectivity index (χ2v) is 16.7. The number of ether oxygens (including phenoxy) is 2. The SMILES string of the molecule is Cc1cc2c3cc(C(C)(C)C)cc4c3n(c2cc1Oc1cc(C2=N[C@]3(C)c5ccc(C)c(C)c5C[C@]3(C)O2)ccn1)-c1ncccc1C4(C)C. The molecule has 0 radical (unpaired) electrons. The van der Waals surface area contributed by atoms with Crippen LogP contribution >= 0.6 is 0 Å². The minimum atomic E-state index is -0.467. The molecule has 0 spiro atoms. The van der Waals surface area contributed by atoms with Crippen LogP contribution in [0.1, 0.15) is 98.5 Å². The van der Waals surface area contributed by atoms with Gasteiger partial charge >= 0.3 is 0 Å². The zero-order valence-electron chi connectivity index (χ0n) is 30.7. The van der Waals surface area contributed by atoms with Crippen molar-refractivity contribution < 1.29 is 9.47 Å². The van der Waals surface area contributed by atoms with Gasteiger partial charge in [-0.25, -0.2) is 15.0 Å². The molecule has 0 bridgehead atoms. The molecule has 1 aliphatic carbocycles. The molecule has 5 heterocycles. The molecule has 0 unspecified atom stereocenters. The highest BCUT2D eigenvalue weighted by atomic mass is 16.5. The predicted molar refractivity (Wildman–Crippen MR) is 201 cm³/mol. The third kappa shape index (κ3) is 4.05. The summed E-state index contributed by atoms with van der Waals surface area (Å²) in [5, 5.41) is 2.44. The Labute approximate surface area is 294 Å². The summed E-state index contributed by atoms with van der Waals surface area (Å²) in [6.07, 6.45) is 4.50. The number of aromatic nitrogens is 3. The Balaban J connectivity index is 1.16. The minimum absolute atomic E-state index is 0.00137. The summed E-state index contributed by atoms with van der Waals surface area (Å²) in [5.74, 6) is 2.86. The van der Waals surface area contributed by atoms with Crippen LogP contribution in [0.15, 0.2) is 78.0 Å². The average molecular weight is 661 g/mol. The van der Waals surface area contributed by atoms with Gasteiger partial charge in [-0.05, 0) is 103 Å². The molecule has 0 saturated carbocycles. The van der Waals surface area contributed by atoms with Crippen LogP contribution in [0.5, 0.6) is 11.6 Å². The van der Waals surface area contributed by atoms with E-state index in [2.05, 4.69) is 121 Å². The number of aliphatic imine (C=N–C) groups is 1. The molecule has 0 saturated heterocycles. The van der Waals surface area contributed by atoms with E-state index in [0.717, 1.165) is 34.6 Å². The van der Waals surface area contributed by atoms with Crippen molar-refractivity contribution in [2.75, 3.05) is 0 Å². The fourth-order valence-corrected chi connectivity index (χ4v) is 8.67. The standard InChI is InChI=1S/C44H44N4O2/c1-24-13-14-32-31(26(24)3)23-43(9)44(32,10)47-40(50-43)27-15-17-45-37(19-27)49-36-22-35-29(18-25(36)2)30-20-28(41(4,5)6)21-34-38(30)48(35)39-33(42(34,7)8)12-11-16-46-39/h11-22H,23H2,1-10H3/t43-,44+/m0/s1. The second-order valence-electron chi connectivity index (χ2n) is 16.7. The van der Waals surface area contributed by atoms with Gasteiger partial charge in [0.1, 0.15) is 22.7 Å². The molecule has 9 rings (SSSR count). The summed E-state index contributed by atoms with van der Waals surface area (Å²) in [6, 6.07) is 21.8. The van der Waals surface area contributed by atoms with E-state index in [1.807, 2.05) is 24.4 Å². The summed E-state index contributed by atoms with van der Waals surface area (Å²) in [4.78, 5) is 14.9. The number of benzene rings is 3. The topological polar surface area (TPSA) is 61.5 Å². The smallest absolute Gasteiger partial charge is 0.219 e. The van der Waals surface area contributed by atoms with Crippen LogP contribution in [0.25, 0.3) is 27.6 Å². The van der Waals surface area contributed by atoms with E-state index in [4.69, 9.17) is 19.5 Å². The monoisotopic (exact) mass is 660 g/mol. The molecule has 6 nitrogen and oxygen atoms in total. The predicted octanol–water partition coefficient (Wildman–Crippen LogP) is 10.2. The number of hydrogen-bond acceptors (Lipinski definition) is 5. The number of fused-ring (bicyclic) bond motifs is 8. The molecule has 2 atom stereocenters. The summed E-state index contributed by atoms with van der Waals surface area (Å²) in [5.41, 5.74) is 12.2. The molecule has 6 aromatic rings. The third-order valence-corrected chi connectivity index (χ3v) is 12.2. The average Bonchev–Trinajstić information content (AvgIpc) is 3.60. The first-order valence-electron chi connectivity index (χ1n) is 17.7. The molecular weight excluding hydrogens is 617 g/mol.